The molecule has 8 heteroatoms. The minimum atomic E-state index is -0.590. The van der Waals surface area contributed by atoms with E-state index < -0.39 is 11.7 Å². The second-order valence-corrected chi connectivity index (χ2v) is 6.21. The third-order valence-electron chi connectivity index (χ3n) is 3.23. The van der Waals surface area contributed by atoms with Crippen molar-refractivity contribution in [1.29, 1.82) is 0 Å². The molecule has 2 aromatic rings. The van der Waals surface area contributed by atoms with E-state index in [4.69, 9.17) is 15.2 Å². The maximum absolute atomic E-state index is 13.1. The van der Waals surface area contributed by atoms with Gasteiger partial charge in [0.15, 0.2) is 18.1 Å². The van der Waals surface area contributed by atoms with Crippen LogP contribution in [-0.2, 0) is 11.3 Å². The number of methoxy groups -OCH3 is 1. The Morgan fingerprint density at radius 1 is 1.20 bits per heavy atom. The molecule has 0 saturated heterocycles. The van der Waals surface area contributed by atoms with Crippen LogP contribution in [0, 0.1) is 9.39 Å². The molecule has 0 aliphatic carbocycles. The van der Waals surface area contributed by atoms with Crippen LogP contribution in [0.2, 0.25) is 0 Å². The van der Waals surface area contributed by atoms with Crippen LogP contribution in [0.3, 0.4) is 0 Å². The Bertz CT molecular complexity index is 798. The van der Waals surface area contributed by atoms with Crippen LogP contribution in [0.1, 0.15) is 15.9 Å². The molecule has 0 fully saturated rings. The van der Waals surface area contributed by atoms with Gasteiger partial charge in [0.2, 0.25) is 0 Å². The molecule has 0 aliphatic rings. The van der Waals surface area contributed by atoms with E-state index in [-0.39, 0.29) is 19.1 Å². The summed E-state index contributed by atoms with van der Waals surface area (Å²) in [5.41, 5.74) is 6.21. The summed E-state index contributed by atoms with van der Waals surface area (Å²) in [4.78, 5) is 23.0. The first-order valence-corrected chi connectivity index (χ1v) is 8.30. The monoisotopic (exact) mass is 458 g/mol. The molecule has 6 nitrogen and oxygen atoms in total. The average Bonchev–Trinajstić information content (AvgIpc) is 2.58. The summed E-state index contributed by atoms with van der Waals surface area (Å²) < 4.78 is 24.1. The van der Waals surface area contributed by atoms with E-state index in [9.17, 15) is 14.0 Å². The predicted octanol–water partition coefficient (Wildman–Crippen LogP) is 2.23. The lowest BCUT2D eigenvalue weighted by molar-refractivity contribution is -0.119. The summed E-state index contributed by atoms with van der Waals surface area (Å²) in [6.07, 6.45) is 0. The van der Waals surface area contributed by atoms with Crippen molar-refractivity contribution in [3.05, 3.63) is 56.9 Å². The molecular weight excluding hydrogens is 442 g/mol. The zero-order valence-electron chi connectivity index (χ0n) is 13.3. The quantitative estimate of drug-likeness (QED) is 0.623. The van der Waals surface area contributed by atoms with Gasteiger partial charge >= 0.3 is 0 Å². The Labute approximate surface area is 157 Å². The summed E-state index contributed by atoms with van der Waals surface area (Å²) in [7, 11) is 1.47. The minimum Gasteiger partial charge on any atom is -0.493 e. The molecule has 0 atom stereocenters. The summed E-state index contributed by atoms with van der Waals surface area (Å²) in [5.74, 6) is -0.490. The smallest absolute Gasteiger partial charge is 0.255 e. The maximum atomic E-state index is 13.1. The second-order valence-electron chi connectivity index (χ2n) is 5.05. The van der Waals surface area contributed by atoms with Crippen molar-refractivity contribution in [2.24, 2.45) is 5.73 Å². The molecule has 3 N–H and O–H groups in total. The number of nitrogens with two attached hydrogens (primary N) is 1. The van der Waals surface area contributed by atoms with Gasteiger partial charge in [-0.05, 0) is 58.5 Å². The van der Waals surface area contributed by atoms with E-state index >= 15 is 0 Å². The van der Waals surface area contributed by atoms with Crippen molar-refractivity contribution in [2.45, 2.75) is 6.54 Å². The van der Waals surface area contributed by atoms with E-state index in [1.54, 1.807) is 18.2 Å². The van der Waals surface area contributed by atoms with Crippen LogP contribution in [0.15, 0.2) is 36.4 Å². The van der Waals surface area contributed by atoms with Gasteiger partial charge < -0.3 is 20.5 Å². The number of hydrogen-bond donors (Lipinski definition) is 2. The topological polar surface area (TPSA) is 90.7 Å². The van der Waals surface area contributed by atoms with Crippen molar-refractivity contribution < 1.29 is 23.5 Å². The van der Waals surface area contributed by atoms with Gasteiger partial charge in [0.25, 0.3) is 11.8 Å². The fourth-order valence-corrected chi connectivity index (χ4v) is 2.76. The highest BCUT2D eigenvalue weighted by molar-refractivity contribution is 14.1. The van der Waals surface area contributed by atoms with Gasteiger partial charge in [-0.25, -0.2) is 4.39 Å². The molecule has 0 heterocycles. The van der Waals surface area contributed by atoms with Crippen LogP contribution in [0.5, 0.6) is 11.5 Å². The van der Waals surface area contributed by atoms with E-state index in [1.165, 1.54) is 25.3 Å². The summed E-state index contributed by atoms with van der Waals surface area (Å²) >= 11 is 1.91. The first-order chi connectivity index (χ1) is 11.9. The van der Waals surface area contributed by atoms with Crippen molar-refractivity contribution >= 4 is 34.4 Å². The summed E-state index contributed by atoms with van der Waals surface area (Å²) in [6.45, 7) is -0.00576. The number of nitrogens with one attached hydrogen (secondary N) is 1. The van der Waals surface area contributed by atoms with Crippen LogP contribution in [-0.4, -0.2) is 25.5 Å². The molecule has 0 spiro atoms. The fraction of sp³-hybridized carbons (Fsp3) is 0.176. The van der Waals surface area contributed by atoms with Crippen molar-refractivity contribution in [2.75, 3.05) is 13.7 Å². The lowest BCUT2D eigenvalue weighted by Gasteiger charge is -2.12. The molecule has 2 amide bonds. The second kappa shape index (κ2) is 8.65. The zero-order valence-corrected chi connectivity index (χ0v) is 15.5. The number of carbonyl (C=O) groups excluding carboxylic acids is 2. The Kier molecular flexibility index (Phi) is 6.57. The SMILES string of the molecule is COc1cc(CNC(=O)c2ccc(F)cc2I)ccc1OCC(N)=O. The zero-order chi connectivity index (χ0) is 18.4. The molecule has 0 aromatic heterocycles. The summed E-state index contributed by atoms with van der Waals surface area (Å²) in [5, 5.41) is 2.76. The highest BCUT2D eigenvalue weighted by Crippen LogP contribution is 2.28. The number of primary amides is 1. The van der Waals surface area contributed by atoms with E-state index in [2.05, 4.69) is 5.32 Å². The molecule has 0 radical (unpaired) electrons. The van der Waals surface area contributed by atoms with Crippen molar-refractivity contribution in [3.63, 3.8) is 0 Å². The third-order valence-corrected chi connectivity index (χ3v) is 4.12. The largest absolute Gasteiger partial charge is 0.493 e. The van der Waals surface area contributed by atoms with Gasteiger partial charge in [0.05, 0.1) is 12.7 Å². The van der Waals surface area contributed by atoms with Crippen molar-refractivity contribution in [1.82, 2.24) is 5.32 Å². The van der Waals surface area contributed by atoms with E-state index in [0.717, 1.165) is 5.56 Å². The van der Waals surface area contributed by atoms with Crippen LogP contribution >= 0.6 is 22.6 Å². The first kappa shape index (κ1) is 19.0. The molecule has 0 bridgehead atoms. The summed E-state index contributed by atoms with van der Waals surface area (Å²) in [6, 6.07) is 9.02. The Morgan fingerprint density at radius 3 is 2.60 bits per heavy atom. The Morgan fingerprint density at radius 2 is 1.96 bits per heavy atom. The highest BCUT2D eigenvalue weighted by atomic mass is 127. The van der Waals surface area contributed by atoms with Crippen LogP contribution < -0.4 is 20.5 Å². The fourth-order valence-electron chi connectivity index (χ4n) is 2.04. The number of benzene rings is 2. The maximum Gasteiger partial charge on any atom is 0.255 e. The highest BCUT2D eigenvalue weighted by Gasteiger charge is 2.12. The number of ether oxygens (including phenoxy) is 2. The van der Waals surface area contributed by atoms with Gasteiger partial charge in [-0.15, -0.1) is 0 Å². The Hall–Kier alpha value is -2.36. The lowest BCUT2D eigenvalue weighted by Crippen LogP contribution is -2.23. The molecule has 2 aromatic carbocycles. The molecule has 25 heavy (non-hydrogen) atoms. The lowest BCUT2D eigenvalue weighted by atomic mass is 10.1. The first-order valence-electron chi connectivity index (χ1n) is 7.22. The van der Waals surface area contributed by atoms with E-state index in [1.807, 2.05) is 22.6 Å². The molecule has 132 valence electrons. The third kappa shape index (κ3) is 5.31. The Balaban J connectivity index is 2.05. The normalized spacial score (nSPS) is 10.2. The molecule has 0 saturated carbocycles. The van der Waals surface area contributed by atoms with Gasteiger partial charge in [-0.1, -0.05) is 6.07 Å². The number of rotatable bonds is 7. The van der Waals surface area contributed by atoms with Crippen LogP contribution in [0.4, 0.5) is 4.39 Å². The molecular formula is C17H16FIN2O4. The van der Waals surface area contributed by atoms with Gasteiger partial charge in [-0.2, -0.15) is 0 Å². The number of hydrogen-bond acceptors (Lipinski definition) is 4. The van der Waals surface area contributed by atoms with Crippen molar-refractivity contribution in [3.8, 4) is 11.5 Å². The minimum absolute atomic E-state index is 0.249. The standard InChI is InChI=1S/C17H16FIN2O4/c1-24-15-6-10(2-5-14(15)25-9-16(20)22)8-21-17(23)12-4-3-11(18)7-13(12)19/h2-7H,8-9H2,1H3,(H2,20,22)(H,21,23). The number of amides is 2. The van der Waals surface area contributed by atoms with Gasteiger partial charge in [0.1, 0.15) is 5.82 Å². The average molecular weight is 458 g/mol. The van der Waals surface area contributed by atoms with E-state index in [0.29, 0.717) is 20.6 Å². The number of halogens is 2. The molecule has 2 rings (SSSR count). The number of carbonyl (C=O) groups is 2. The van der Waals surface area contributed by atoms with Gasteiger partial charge in [0, 0.05) is 10.1 Å². The van der Waals surface area contributed by atoms with Crippen LogP contribution in [0.25, 0.3) is 0 Å². The predicted molar refractivity (Wildman–Crippen MR) is 98.0 cm³/mol. The molecule has 0 aliphatic heterocycles. The molecule has 0 unspecified atom stereocenters. The van der Waals surface area contributed by atoms with Gasteiger partial charge in [-0.3, -0.25) is 9.59 Å².